The highest BCUT2D eigenvalue weighted by Gasteiger charge is 2.30. The van der Waals surface area contributed by atoms with Crippen molar-refractivity contribution in [2.45, 2.75) is 44.2 Å². The van der Waals surface area contributed by atoms with E-state index in [2.05, 4.69) is 42.6 Å². The van der Waals surface area contributed by atoms with Crippen molar-refractivity contribution in [2.24, 2.45) is 0 Å². The maximum Gasteiger partial charge on any atom is 0.0445 e. The zero-order chi connectivity index (χ0) is 11.4. The molecule has 0 unspecified atom stereocenters. The first-order valence-electron chi connectivity index (χ1n) is 6.21. The van der Waals surface area contributed by atoms with Crippen LogP contribution in [0.1, 0.15) is 37.7 Å². The highest BCUT2D eigenvalue weighted by molar-refractivity contribution is 5.22. The zero-order valence-corrected chi connectivity index (χ0v) is 9.89. The summed E-state index contributed by atoms with van der Waals surface area (Å²) in [6.07, 6.45) is 3.33. The Balaban J connectivity index is 1.74. The minimum Gasteiger partial charge on any atom is -0.396 e. The standard InChI is InChI=1S/C14H21NO/c1-11(7-8-16)15-14-9-13(10-14)12-5-3-2-4-6-12/h2-6,11,13-16H,7-10H2,1H3/t11-,13?,14?/m1/s1. The van der Waals surface area contributed by atoms with E-state index >= 15 is 0 Å². The first-order chi connectivity index (χ1) is 7.79. The van der Waals surface area contributed by atoms with E-state index in [1.807, 2.05) is 0 Å². The van der Waals surface area contributed by atoms with Crippen LogP contribution in [0, 0.1) is 0 Å². The normalized spacial score (nSPS) is 26.1. The van der Waals surface area contributed by atoms with Gasteiger partial charge in [0.25, 0.3) is 0 Å². The summed E-state index contributed by atoms with van der Waals surface area (Å²) in [5.41, 5.74) is 1.47. The van der Waals surface area contributed by atoms with Crippen molar-refractivity contribution < 1.29 is 5.11 Å². The fourth-order valence-corrected chi connectivity index (χ4v) is 2.43. The van der Waals surface area contributed by atoms with Crippen molar-refractivity contribution in [3.05, 3.63) is 35.9 Å². The Kier molecular flexibility index (Phi) is 3.97. The van der Waals surface area contributed by atoms with E-state index in [0.29, 0.717) is 12.1 Å². The van der Waals surface area contributed by atoms with Crippen molar-refractivity contribution in [1.29, 1.82) is 0 Å². The third kappa shape index (κ3) is 2.83. The van der Waals surface area contributed by atoms with Crippen LogP contribution in [0.25, 0.3) is 0 Å². The van der Waals surface area contributed by atoms with E-state index in [-0.39, 0.29) is 6.61 Å². The lowest BCUT2D eigenvalue weighted by atomic mass is 9.75. The van der Waals surface area contributed by atoms with Crippen molar-refractivity contribution in [2.75, 3.05) is 6.61 Å². The van der Waals surface area contributed by atoms with Crippen LogP contribution in [-0.4, -0.2) is 23.8 Å². The zero-order valence-electron chi connectivity index (χ0n) is 9.89. The summed E-state index contributed by atoms with van der Waals surface area (Å²) in [4.78, 5) is 0. The van der Waals surface area contributed by atoms with Gasteiger partial charge in [0.1, 0.15) is 0 Å². The largest absolute Gasteiger partial charge is 0.396 e. The molecular weight excluding hydrogens is 198 g/mol. The summed E-state index contributed by atoms with van der Waals surface area (Å²) in [5, 5.41) is 12.4. The van der Waals surface area contributed by atoms with Crippen LogP contribution in [0.15, 0.2) is 30.3 Å². The number of aliphatic hydroxyl groups excluding tert-OH is 1. The Bertz CT molecular complexity index is 306. The molecule has 0 radical (unpaired) electrons. The minimum absolute atomic E-state index is 0.281. The molecule has 88 valence electrons. The summed E-state index contributed by atoms with van der Waals surface area (Å²) in [5.74, 6) is 0.736. The Hall–Kier alpha value is -0.860. The first kappa shape index (κ1) is 11.6. The van der Waals surface area contributed by atoms with Gasteiger partial charge in [-0.25, -0.2) is 0 Å². The summed E-state index contributed by atoms with van der Waals surface area (Å²) >= 11 is 0. The lowest BCUT2D eigenvalue weighted by molar-refractivity contribution is 0.230. The number of aliphatic hydroxyl groups is 1. The van der Waals surface area contributed by atoms with E-state index in [4.69, 9.17) is 5.11 Å². The second kappa shape index (κ2) is 5.46. The van der Waals surface area contributed by atoms with Gasteiger partial charge in [0, 0.05) is 18.7 Å². The molecule has 0 bridgehead atoms. The Morgan fingerprint density at radius 3 is 2.62 bits per heavy atom. The van der Waals surface area contributed by atoms with Crippen LogP contribution in [0.2, 0.25) is 0 Å². The van der Waals surface area contributed by atoms with Crippen LogP contribution < -0.4 is 5.32 Å². The topological polar surface area (TPSA) is 32.3 Å². The fraction of sp³-hybridized carbons (Fsp3) is 0.571. The summed E-state index contributed by atoms with van der Waals surface area (Å²) < 4.78 is 0. The molecule has 0 spiro atoms. The number of nitrogens with one attached hydrogen (secondary N) is 1. The van der Waals surface area contributed by atoms with Gasteiger partial charge in [0.2, 0.25) is 0 Å². The molecule has 1 aromatic rings. The van der Waals surface area contributed by atoms with E-state index in [0.717, 1.165) is 12.3 Å². The molecule has 1 saturated carbocycles. The molecule has 0 aromatic heterocycles. The van der Waals surface area contributed by atoms with E-state index in [1.54, 1.807) is 0 Å². The van der Waals surface area contributed by atoms with E-state index in [1.165, 1.54) is 18.4 Å². The van der Waals surface area contributed by atoms with E-state index < -0.39 is 0 Å². The van der Waals surface area contributed by atoms with Crippen LogP contribution in [0.4, 0.5) is 0 Å². The van der Waals surface area contributed by atoms with Crippen molar-refractivity contribution in [1.82, 2.24) is 5.32 Å². The van der Waals surface area contributed by atoms with Gasteiger partial charge in [-0.15, -0.1) is 0 Å². The second-order valence-corrected chi connectivity index (χ2v) is 4.86. The predicted octanol–water partition coefficient (Wildman–Crippen LogP) is 2.29. The molecule has 0 heterocycles. The van der Waals surface area contributed by atoms with E-state index in [9.17, 15) is 0 Å². The van der Waals surface area contributed by atoms with Gasteiger partial charge in [0.15, 0.2) is 0 Å². The SMILES string of the molecule is C[C@H](CCO)NC1CC(c2ccccc2)C1. The van der Waals surface area contributed by atoms with Crippen molar-refractivity contribution in [3.63, 3.8) is 0 Å². The van der Waals surface area contributed by atoms with Gasteiger partial charge in [-0.1, -0.05) is 30.3 Å². The third-order valence-electron chi connectivity index (χ3n) is 3.49. The molecular formula is C14H21NO. The summed E-state index contributed by atoms with van der Waals surface area (Å²) in [7, 11) is 0. The second-order valence-electron chi connectivity index (χ2n) is 4.86. The first-order valence-corrected chi connectivity index (χ1v) is 6.21. The monoisotopic (exact) mass is 219 g/mol. The van der Waals surface area contributed by atoms with Crippen molar-refractivity contribution >= 4 is 0 Å². The average molecular weight is 219 g/mol. The van der Waals surface area contributed by atoms with Gasteiger partial charge in [-0.2, -0.15) is 0 Å². The van der Waals surface area contributed by atoms with Crippen LogP contribution in [0.5, 0.6) is 0 Å². The summed E-state index contributed by atoms with van der Waals surface area (Å²) in [6.45, 7) is 2.43. The molecule has 0 amide bonds. The van der Waals surface area contributed by atoms with Gasteiger partial charge in [-0.05, 0) is 37.7 Å². The fourth-order valence-electron chi connectivity index (χ4n) is 2.43. The molecule has 1 aliphatic carbocycles. The molecule has 0 saturated heterocycles. The average Bonchev–Trinajstić information content (AvgIpc) is 2.24. The number of benzene rings is 1. The predicted molar refractivity (Wildman–Crippen MR) is 66.5 cm³/mol. The smallest absolute Gasteiger partial charge is 0.0445 e. The molecule has 1 atom stereocenters. The lowest BCUT2D eigenvalue weighted by Gasteiger charge is -2.38. The number of hydrogen-bond acceptors (Lipinski definition) is 2. The minimum atomic E-state index is 0.281. The molecule has 1 fully saturated rings. The Morgan fingerprint density at radius 2 is 2.00 bits per heavy atom. The molecule has 2 N–H and O–H groups in total. The quantitative estimate of drug-likeness (QED) is 0.796. The maximum absolute atomic E-state index is 8.83. The van der Waals surface area contributed by atoms with Gasteiger partial charge < -0.3 is 10.4 Å². The Labute approximate surface area is 97.7 Å². The number of rotatable bonds is 5. The Morgan fingerprint density at radius 1 is 1.31 bits per heavy atom. The molecule has 2 nitrogen and oxygen atoms in total. The maximum atomic E-state index is 8.83. The van der Waals surface area contributed by atoms with Gasteiger partial charge >= 0.3 is 0 Å². The van der Waals surface area contributed by atoms with Gasteiger partial charge in [0.05, 0.1) is 0 Å². The van der Waals surface area contributed by atoms with Crippen LogP contribution in [-0.2, 0) is 0 Å². The van der Waals surface area contributed by atoms with Crippen molar-refractivity contribution in [3.8, 4) is 0 Å². The molecule has 2 heteroatoms. The highest BCUT2D eigenvalue weighted by atomic mass is 16.3. The lowest BCUT2D eigenvalue weighted by Crippen LogP contribution is -2.44. The molecule has 1 aromatic carbocycles. The summed E-state index contributed by atoms with van der Waals surface area (Å²) in [6, 6.07) is 11.8. The molecule has 2 rings (SSSR count). The third-order valence-corrected chi connectivity index (χ3v) is 3.49. The number of hydrogen-bond donors (Lipinski definition) is 2. The molecule has 0 aliphatic heterocycles. The van der Waals surface area contributed by atoms with Gasteiger partial charge in [-0.3, -0.25) is 0 Å². The highest BCUT2D eigenvalue weighted by Crippen LogP contribution is 2.36. The van der Waals surface area contributed by atoms with Crippen LogP contribution in [0.3, 0.4) is 0 Å². The molecule has 16 heavy (non-hydrogen) atoms. The van der Waals surface area contributed by atoms with Crippen LogP contribution >= 0.6 is 0 Å². The molecule has 1 aliphatic rings.